The highest BCUT2D eigenvalue weighted by atomic mass is 32.1. The number of carboxylic acid groups (broad SMARTS) is 1. The van der Waals surface area contributed by atoms with Crippen molar-refractivity contribution in [2.45, 2.75) is 39.2 Å². The van der Waals surface area contributed by atoms with Crippen LogP contribution in [0.1, 0.15) is 36.9 Å². The van der Waals surface area contributed by atoms with E-state index in [9.17, 15) is 14.7 Å². The third-order valence-electron chi connectivity index (χ3n) is 4.11. The molecule has 1 amide bonds. The number of carbonyl (C=O) groups excluding carboxylic acids is 1. The van der Waals surface area contributed by atoms with Crippen LogP contribution in [0.25, 0.3) is 6.08 Å². The van der Waals surface area contributed by atoms with Crippen molar-refractivity contribution in [3.8, 4) is 0 Å². The van der Waals surface area contributed by atoms with Crippen molar-refractivity contribution in [2.75, 3.05) is 13.1 Å². The van der Waals surface area contributed by atoms with Gasteiger partial charge in [-0.05, 0) is 45.3 Å². The molecule has 0 atom stereocenters. The van der Waals surface area contributed by atoms with Gasteiger partial charge in [-0.15, -0.1) is 11.3 Å². The first-order chi connectivity index (χ1) is 12.1. The molecule has 3 N–H and O–H groups in total. The average Bonchev–Trinajstić information content (AvgIpc) is 2.73. The van der Waals surface area contributed by atoms with Crippen LogP contribution < -0.4 is 5.73 Å². The van der Waals surface area contributed by atoms with Crippen molar-refractivity contribution in [1.82, 2.24) is 4.90 Å². The van der Waals surface area contributed by atoms with E-state index in [1.165, 1.54) is 11.3 Å². The van der Waals surface area contributed by atoms with Crippen LogP contribution in [0.4, 0.5) is 10.5 Å². The lowest BCUT2D eigenvalue weighted by Gasteiger charge is -2.39. The number of thiophene rings is 1. The second-order valence-electron chi connectivity index (χ2n) is 7.67. The minimum atomic E-state index is -0.974. The van der Waals surface area contributed by atoms with Gasteiger partial charge in [-0.1, -0.05) is 0 Å². The standard InChI is InChI=1S/C18H23N3O4S/c1-18(2,3)25-17(24)21-8-10(9-21)4-12-7-13-14(26-12)5-11(16(22)23)6-15(19)20-13/h5,7,10H,4,6,8-9H2,1-3H3,(H2,19,20)(H,22,23). The third-order valence-corrected chi connectivity index (χ3v) is 5.20. The Morgan fingerprint density at radius 2 is 2.12 bits per heavy atom. The van der Waals surface area contributed by atoms with E-state index in [0.717, 1.165) is 21.9 Å². The molecule has 1 saturated heterocycles. The van der Waals surface area contributed by atoms with Crippen LogP contribution in [0, 0.1) is 5.92 Å². The molecule has 8 heteroatoms. The second-order valence-corrected chi connectivity index (χ2v) is 8.84. The number of carboxylic acids is 1. The Kier molecular flexibility index (Phi) is 4.79. The zero-order valence-electron chi connectivity index (χ0n) is 15.1. The molecule has 7 nitrogen and oxygen atoms in total. The van der Waals surface area contributed by atoms with Crippen LogP contribution in [0.2, 0.25) is 0 Å². The molecule has 1 aromatic heterocycles. The zero-order valence-corrected chi connectivity index (χ0v) is 15.9. The van der Waals surface area contributed by atoms with Crippen molar-refractivity contribution < 1.29 is 19.4 Å². The summed E-state index contributed by atoms with van der Waals surface area (Å²) in [6.45, 7) is 6.89. The Hall–Kier alpha value is -2.35. The van der Waals surface area contributed by atoms with E-state index in [1.54, 1.807) is 11.0 Å². The number of aliphatic imine (C=N–C) groups is 1. The highest BCUT2D eigenvalue weighted by Crippen LogP contribution is 2.36. The number of likely N-dealkylation sites (tertiary alicyclic amines) is 1. The smallest absolute Gasteiger partial charge is 0.410 e. The number of aliphatic carboxylic acids is 1. The SMILES string of the molecule is CC(C)(C)OC(=O)N1CC(Cc2cc3c(s2)C=C(C(=O)O)CC(N)=N3)C1. The maximum absolute atomic E-state index is 12.0. The summed E-state index contributed by atoms with van der Waals surface area (Å²) >= 11 is 1.53. The van der Waals surface area contributed by atoms with Crippen molar-refractivity contribution in [3.05, 3.63) is 21.4 Å². The summed E-state index contributed by atoms with van der Waals surface area (Å²) in [5, 5.41) is 9.24. The molecule has 0 unspecified atom stereocenters. The fourth-order valence-electron chi connectivity index (χ4n) is 2.93. The Bertz CT molecular complexity index is 798. The lowest BCUT2D eigenvalue weighted by atomic mass is 9.96. The summed E-state index contributed by atoms with van der Waals surface area (Å²) in [6, 6.07) is 1.96. The molecular formula is C18H23N3O4S. The molecule has 1 fully saturated rings. The third kappa shape index (κ3) is 4.24. The number of amides is 1. The largest absolute Gasteiger partial charge is 0.478 e. The van der Waals surface area contributed by atoms with E-state index in [0.29, 0.717) is 24.8 Å². The quantitative estimate of drug-likeness (QED) is 0.842. The van der Waals surface area contributed by atoms with Crippen molar-refractivity contribution in [2.24, 2.45) is 16.6 Å². The van der Waals surface area contributed by atoms with Gasteiger partial charge in [0, 0.05) is 30.0 Å². The number of nitrogens with two attached hydrogens (primary N) is 1. The van der Waals surface area contributed by atoms with Crippen LogP contribution in [0.5, 0.6) is 0 Å². The lowest BCUT2D eigenvalue weighted by Crippen LogP contribution is -2.52. The predicted molar refractivity (Wildman–Crippen MR) is 101 cm³/mol. The number of nitrogens with zero attached hydrogens (tertiary/aromatic N) is 2. The van der Waals surface area contributed by atoms with E-state index >= 15 is 0 Å². The fraction of sp³-hybridized carbons (Fsp3) is 0.500. The molecule has 2 aliphatic heterocycles. The van der Waals surface area contributed by atoms with E-state index in [-0.39, 0.29) is 18.1 Å². The predicted octanol–water partition coefficient (Wildman–Crippen LogP) is 3.02. The van der Waals surface area contributed by atoms with Crippen LogP contribution in [0.15, 0.2) is 16.6 Å². The molecule has 1 aromatic rings. The first-order valence-corrected chi connectivity index (χ1v) is 9.30. The summed E-state index contributed by atoms with van der Waals surface area (Å²) in [5.41, 5.74) is 6.31. The van der Waals surface area contributed by atoms with Crippen LogP contribution >= 0.6 is 11.3 Å². The van der Waals surface area contributed by atoms with Gasteiger partial charge in [-0.3, -0.25) is 0 Å². The van der Waals surface area contributed by atoms with Gasteiger partial charge in [0.15, 0.2) is 0 Å². The molecule has 0 radical (unpaired) electrons. The molecule has 0 aromatic carbocycles. The molecular weight excluding hydrogens is 354 g/mol. The molecule has 0 aliphatic carbocycles. The monoisotopic (exact) mass is 377 g/mol. The zero-order chi connectivity index (χ0) is 19.1. The van der Waals surface area contributed by atoms with Gasteiger partial charge in [-0.25, -0.2) is 14.6 Å². The van der Waals surface area contributed by atoms with E-state index < -0.39 is 11.6 Å². The number of hydrogen-bond acceptors (Lipinski definition) is 6. The second kappa shape index (κ2) is 6.75. The highest BCUT2D eigenvalue weighted by molar-refractivity contribution is 7.13. The Morgan fingerprint density at radius 1 is 1.42 bits per heavy atom. The van der Waals surface area contributed by atoms with Crippen LogP contribution in [-0.2, 0) is 16.0 Å². The summed E-state index contributed by atoms with van der Waals surface area (Å²) in [7, 11) is 0. The number of rotatable bonds is 3. The van der Waals surface area contributed by atoms with Crippen molar-refractivity contribution in [1.29, 1.82) is 0 Å². The topological polar surface area (TPSA) is 105 Å². The Labute approximate surface area is 156 Å². The molecule has 3 heterocycles. The number of amidine groups is 1. The van der Waals surface area contributed by atoms with Gasteiger partial charge in [0.25, 0.3) is 0 Å². The van der Waals surface area contributed by atoms with Crippen molar-refractivity contribution >= 4 is 41.0 Å². The van der Waals surface area contributed by atoms with E-state index in [1.807, 2.05) is 26.8 Å². The highest BCUT2D eigenvalue weighted by Gasteiger charge is 2.34. The molecule has 3 rings (SSSR count). The molecule has 0 bridgehead atoms. The van der Waals surface area contributed by atoms with Gasteiger partial charge in [0.2, 0.25) is 0 Å². The number of carbonyl (C=O) groups is 2. The first kappa shape index (κ1) is 18.4. The molecule has 0 spiro atoms. The van der Waals surface area contributed by atoms with Gasteiger partial charge in [0.1, 0.15) is 11.4 Å². The van der Waals surface area contributed by atoms with Crippen LogP contribution in [-0.4, -0.2) is 46.6 Å². The summed E-state index contributed by atoms with van der Waals surface area (Å²) in [6.07, 6.45) is 2.35. The summed E-state index contributed by atoms with van der Waals surface area (Å²) in [4.78, 5) is 31.2. The number of hydrogen-bond donors (Lipinski definition) is 2. The average molecular weight is 377 g/mol. The van der Waals surface area contributed by atoms with E-state index in [2.05, 4.69) is 4.99 Å². The van der Waals surface area contributed by atoms with Gasteiger partial charge < -0.3 is 20.5 Å². The summed E-state index contributed by atoms with van der Waals surface area (Å²) in [5.74, 6) is -0.298. The van der Waals surface area contributed by atoms with Gasteiger partial charge >= 0.3 is 12.1 Å². The first-order valence-electron chi connectivity index (χ1n) is 8.48. The van der Waals surface area contributed by atoms with E-state index in [4.69, 9.17) is 10.5 Å². The summed E-state index contributed by atoms with van der Waals surface area (Å²) < 4.78 is 5.36. The maximum Gasteiger partial charge on any atom is 0.410 e. The fourth-order valence-corrected chi connectivity index (χ4v) is 4.12. The Morgan fingerprint density at radius 3 is 2.73 bits per heavy atom. The minimum absolute atomic E-state index is 0.152. The number of ether oxygens (including phenoxy) is 1. The molecule has 2 aliphatic rings. The minimum Gasteiger partial charge on any atom is -0.478 e. The molecule has 140 valence electrons. The molecule has 0 saturated carbocycles. The lowest BCUT2D eigenvalue weighted by molar-refractivity contribution is -0.132. The van der Waals surface area contributed by atoms with Gasteiger partial charge in [-0.2, -0.15) is 0 Å². The van der Waals surface area contributed by atoms with Crippen molar-refractivity contribution in [3.63, 3.8) is 0 Å². The van der Waals surface area contributed by atoms with Crippen LogP contribution in [0.3, 0.4) is 0 Å². The molecule has 26 heavy (non-hydrogen) atoms. The maximum atomic E-state index is 12.0. The Balaban J connectivity index is 1.63. The normalized spacial score (nSPS) is 17.6. The number of fused-ring (bicyclic) bond motifs is 1. The van der Waals surface area contributed by atoms with Gasteiger partial charge in [0.05, 0.1) is 10.6 Å².